The van der Waals surface area contributed by atoms with E-state index in [1.165, 1.54) is 11.1 Å². The standard InChI is InChI=1S/C50H31N3O2/c1-2-12-30(13-3-1)31-14-10-15-33(28-31)47-39-18-4-7-21-41(39)51-50(52-47)53-42-26-24-32(34-19-11-20-37-35-16-5-8-22-44(35)54-48(34)37)29-40(42)46-43(53)27-25-38-36-17-6-9-23-45(36)55-49(38)46/h2,4-29H,1,3H2. The van der Waals surface area contributed by atoms with Crippen LogP contribution in [0.4, 0.5) is 0 Å². The third kappa shape index (κ3) is 4.53. The van der Waals surface area contributed by atoms with E-state index in [0.717, 1.165) is 112 Å². The number of rotatable bonds is 4. The van der Waals surface area contributed by atoms with E-state index in [-0.39, 0.29) is 0 Å². The molecule has 0 N–H and O–H groups in total. The Morgan fingerprint density at radius 2 is 1.20 bits per heavy atom. The Morgan fingerprint density at radius 3 is 2.04 bits per heavy atom. The summed E-state index contributed by atoms with van der Waals surface area (Å²) in [6.07, 6.45) is 8.94. The molecular formula is C50H31N3O2. The SMILES string of the molecule is C1=CC(c2cccc(-c3nc(-n4c5ccc(-c6cccc7c6oc6ccccc67)cc5c5c6oc7ccccc7c6ccc54)nc4ccccc34)c2)=CCC1. The minimum absolute atomic E-state index is 0.610. The number of fused-ring (bicyclic) bond motifs is 11. The maximum absolute atomic E-state index is 6.73. The van der Waals surface area contributed by atoms with Crippen LogP contribution in [0.3, 0.4) is 0 Å². The Balaban J connectivity index is 1.15. The van der Waals surface area contributed by atoms with Crippen LogP contribution in [0.5, 0.6) is 0 Å². The molecule has 0 saturated carbocycles. The molecule has 0 spiro atoms. The zero-order valence-electron chi connectivity index (χ0n) is 29.7. The second-order valence-corrected chi connectivity index (χ2v) is 14.4. The monoisotopic (exact) mass is 705 g/mol. The van der Waals surface area contributed by atoms with Gasteiger partial charge in [-0.2, -0.15) is 0 Å². The fraction of sp³-hybridized carbons (Fsp3) is 0.0400. The van der Waals surface area contributed by atoms with Gasteiger partial charge in [0.1, 0.15) is 22.3 Å². The average Bonchev–Trinajstić information content (AvgIpc) is 3.93. The molecule has 5 nitrogen and oxygen atoms in total. The molecule has 1 aliphatic carbocycles. The molecule has 0 fully saturated rings. The molecule has 0 aliphatic heterocycles. The molecule has 0 bridgehead atoms. The molecule has 4 aromatic heterocycles. The molecule has 0 radical (unpaired) electrons. The predicted molar refractivity (Wildman–Crippen MR) is 226 cm³/mol. The fourth-order valence-electron chi connectivity index (χ4n) is 8.70. The third-order valence-electron chi connectivity index (χ3n) is 11.2. The van der Waals surface area contributed by atoms with Gasteiger partial charge in [0, 0.05) is 43.4 Å². The Hall–Kier alpha value is -7.24. The molecule has 258 valence electrons. The number of furan rings is 2. The van der Waals surface area contributed by atoms with Gasteiger partial charge < -0.3 is 8.83 Å². The Morgan fingerprint density at radius 1 is 0.491 bits per heavy atom. The Labute approximate surface area is 315 Å². The van der Waals surface area contributed by atoms with Crippen LogP contribution in [0.25, 0.3) is 110 Å². The van der Waals surface area contributed by atoms with Gasteiger partial charge in [0.25, 0.3) is 0 Å². The first-order valence-corrected chi connectivity index (χ1v) is 18.8. The molecular weight excluding hydrogens is 675 g/mol. The van der Waals surface area contributed by atoms with Crippen LogP contribution in [0.2, 0.25) is 0 Å². The highest BCUT2D eigenvalue weighted by atomic mass is 16.3. The third-order valence-corrected chi connectivity index (χ3v) is 11.2. The van der Waals surface area contributed by atoms with Crippen LogP contribution in [0.1, 0.15) is 18.4 Å². The Kier molecular flexibility index (Phi) is 6.39. The summed E-state index contributed by atoms with van der Waals surface area (Å²) in [5, 5.41) is 7.49. The van der Waals surface area contributed by atoms with Crippen molar-refractivity contribution >= 4 is 82.2 Å². The van der Waals surface area contributed by atoms with Gasteiger partial charge in [0.15, 0.2) is 0 Å². The van der Waals surface area contributed by atoms with E-state index in [1.807, 2.05) is 30.3 Å². The van der Waals surface area contributed by atoms with E-state index in [0.29, 0.717) is 5.95 Å². The van der Waals surface area contributed by atoms with Gasteiger partial charge in [-0.05, 0) is 78.1 Å². The van der Waals surface area contributed by atoms with Crippen molar-refractivity contribution in [3.8, 4) is 28.3 Å². The minimum Gasteiger partial charge on any atom is -0.455 e. The normalized spacial score (nSPS) is 13.3. The first-order valence-electron chi connectivity index (χ1n) is 18.8. The van der Waals surface area contributed by atoms with Gasteiger partial charge in [0.2, 0.25) is 5.95 Å². The van der Waals surface area contributed by atoms with Gasteiger partial charge in [-0.1, -0.05) is 115 Å². The van der Waals surface area contributed by atoms with Crippen molar-refractivity contribution in [3.05, 3.63) is 169 Å². The maximum Gasteiger partial charge on any atom is 0.235 e. The fourth-order valence-corrected chi connectivity index (χ4v) is 8.70. The highest BCUT2D eigenvalue weighted by molar-refractivity contribution is 6.24. The first-order chi connectivity index (χ1) is 27.3. The summed E-state index contributed by atoms with van der Waals surface area (Å²) in [5.41, 5.74) is 12.8. The smallest absolute Gasteiger partial charge is 0.235 e. The molecule has 4 heterocycles. The number of allylic oxidation sites excluding steroid dienone is 4. The lowest BCUT2D eigenvalue weighted by Crippen LogP contribution is -2.03. The zero-order valence-corrected chi connectivity index (χ0v) is 29.7. The molecule has 0 atom stereocenters. The van der Waals surface area contributed by atoms with Crippen molar-refractivity contribution < 1.29 is 8.83 Å². The summed E-state index contributed by atoms with van der Waals surface area (Å²) in [5.74, 6) is 0.610. The second kappa shape index (κ2) is 11.6. The number of hydrogen-bond donors (Lipinski definition) is 0. The summed E-state index contributed by atoms with van der Waals surface area (Å²) < 4.78 is 15.4. The van der Waals surface area contributed by atoms with Crippen molar-refractivity contribution in [2.24, 2.45) is 0 Å². The molecule has 55 heavy (non-hydrogen) atoms. The van der Waals surface area contributed by atoms with Crippen LogP contribution >= 0.6 is 0 Å². The van der Waals surface area contributed by atoms with Crippen molar-refractivity contribution in [3.63, 3.8) is 0 Å². The van der Waals surface area contributed by atoms with Gasteiger partial charge in [-0.15, -0.1) is 0 Å². The summed E-state index contributed by atoms with van der Waals surface area (Å²) in [7, 11) is 0. The van der Waals surface area contributed by atoms with Crippen molar-refractivity contribution in [1.82, 2.24) is 14.5 Å². The Bertz CT molecular complexity index is 3450. The lowest BCUT2D eigenvalue weighted by atomic mass is 9.96. The second-order valence-electron chi connectivity index (χ2n) is 14.4. The molecule has 12 rings (SSSR count). The molecule has 0 saturated heterocycles. The quantitative estimate of drug-likeness (QED) is 0.183. The molecule has 1 aliphatic rings. The van der Waals surface area contributed by atoms with E-state index >= 15 is 0 Å². The zero-order chi connectivity index (χ0) is 36.0. The highest BCUT2D eigenvalue weighted by Gasteiger charge is 2.23. The summed E-state index contributed by atoms with van der Waals surface area (Å²) in [6.45, 7) is 0. The summed E-state index contributed by atoms with van der Waals surface area (Å²) in [6, 6.07) is 51.0. The molecule has 5 heteroatoms. The molecule has 7 aromatic carbocycles. The van der Waals surface area contributed by atoms with E-state index in [9.17, 15) is 0 Å². The van der Waals surface area contributed by atoms with Crippen LogP contribution < -0.4 is 0 Å². The van der Waals surface area contributed by atoms with Crippen molar-refractivity contribution in [1.29, 1.82) is 0 Å². The van der Waals surface area contributed by atoms with Crippen molar-refractivity contribution in [2.45, 2.75) is 12.8 Å². The highest BCUT2D eigenvalue weighted by Crippen LogP contribution is 2.43. The first kappa shape index (κ1) is 30.2. The average molecular weight is 706 g/mol. The lowest BCUT2D eigenvalue weighted by molar-refractivity contribution is 0.670. The van der Waals surface area contributed by atoms with Crippen LogP contribution in [0.15, 0.2) is 173 Å². The van der Waals surface area contributed by atoms with E-state index in [4.69, 9.17) is 18.8 Å². The van der Waals surface area contributed by atoms with Gasteiger partial charge in [-0.25, -0.2) is 9.97 Å². The largest absolute Gasteiger partial charge is 0.455 e. The molecule has 0 amide bonds. The predicted octanol–water partition coefficient (Wildman–Crippen LogP) is 13.6. The van der Waals surface area contributed by atoms with E-state index in [1.54, 1.807) is 0 Å². The van der Waals surface area contributed by atoms with Crippen LogP contribution in [0, 0.1) is 0 Å². The van der Waals surface area contributed by atoms with Gasteiger partial charge in [0.05, 0.1) is 27.6 Å². The van der Waals surface area contributed by atoms with Crippen LogP contribution in [-0.2, 0) is 0 Å². The number of aromatic nitrogens is 3. The number of benzene rings is 7. The van der Waals surface area contributed by atoms with E-state index < -0.39 is 0 Å². The number of para-hydroxylation sites is 4. The molecule has 0 unspecified atom stereocenters. The summed E-state index contributed by atoms with van der Waals surface area (Å²) in [4.78, 5) is 10.7. The molecule has 11 aromatic rings. The minimum atomic E-state index is 0.610. The summed E-state index contributed by atoms with van der Waals surface area (Å²) >= 11 is 0. The topological polar surface area (TPSA) is 57.0 Å². The van der Waals surface area contributed by atoms with Gasteiger partial charge >= 0.3 is 0 Å². The van der Waals surface area contributed by atoms with Crippen LogP contribution in [-0.4, -0.2) is 14.5 Å². The number of nitrogens with zero attached hydrogens (tertiary/aromatic N) is 3. The van der Waals surface area contributed by atoms with Crippen molar-refractivity contribution in [2.75, 3.05) is 0 Å². The van der Waals surface area contributed by atoms with E-state index in [2.05, 4.69) is 138 Å². The van der Waals surface area contributed by atoms with Gasteiger partial charge in [-0.3, -0.25) is 4.57 Å². The number of hydrogen-bond acceptors (Lipinski definition) is 4. The lowest BCUT2D eigenvalue weighted by Gasteiger charge is -2.13. The maximum atomic E-state index is 6.73.